The minimum Gasteiger partial charge on any atom is -0.477 e. The smallest absolute Gasteiger partial charge is 0.354 e. The van der Waals surface area contributed by atoms with Gasteiger partial charge in [0.2, 0.25) is 0 Å². The molecular weight excluding hydrogens is 206 g/mol. The Morgan fingerprint density at radius 3 is 3.00 bits per heavy atom. The summed E-state index contributed by atoms with van der Waals surface area (Å²) in [5.74, 6) is 0.418. The van der Waals surface area contributed by atoms with E-state index in [1.54, 1.807) is 6.20 Å². The van der Waals surface area contributed by atoms with Crippen LogP contribution in [-0.2, 0) is 5.41 Å². The molecule has 0 aromatic carbocycles. The zero-order chi connectivity index (χ0) is 11.2. The van der Waals surface area contributed by atoms with Crippen molar-refractivity contribution in [2.75, 3.05) is 13.1 Å². The van der Waals surface area contributed by atoms with Gasteiger partial charge in [-0.25, -0.2) is 14.8 Å². The molecule has 5 heteroatoms. The van der Waals surface area contributed by atoms with Gasteiger partial charge in [-0.15, -0.1) is 0 Å². The highest BCUT2D eigenvalue weighted by molar-refractivity contribution is 5.85. The molecule has 0 spiro atoms. The number of piperidine rings is 2. The van der Waals surface area contributed by atoms with Gasteiger partial charge < -0.3 is 10.4 Å². The van der Waals surface area contributed by atoms with E-state index in [1.165, 1.54) is 6.07 Å². The van der Waals surface area contributed by atoms with E-state index in [0.29, 0.717) is 11.7 Å². The summed E-state index contributed by atoms with van der Waals surface area (Å²) >= 11 is 0. The van der Waals surface area contributed by atoms with Gasteiger partial charge in [0.15, 0.2) is 5.69 Å². The third-order valence-corrected chi connectivity index (χ3v) is 3.60. The lowest BCUT2D eigenvalue weighted by molar-refractivity contribution is 0.0678. The fourth-order valence-corrected chi connectivity index (χ4v) is 2.84. The predicted molar refractivity (Wildman–Crippen MR) is 56.3 cm³/mol. The summed E-state index contributed by atoms with van der Waals surface area (Å²) in [7, 11) is 0. The van der Waals surface area contributed by atoms with Crippen molar-refractivity contribution in [1.82, 2.24) is 15.3 Å². The molecule has 4 rings (SSSR count). The Labute approximate surface area is 92.9 Å². The summed E-state index contributed by atoms with van der Waals surface area (Å²) in [5, 5.41) is 12.2. The highest BCUT2D eigenvalue weighted by Crippen LogP contribution is 2.48. The van der Waals surface area contributed by atoms with Gasteiger partial charge in [0.1, 0.15) is 5.82 Å². The summed E-state index contributed by atoms with van der Waals surface area (Å²) in [4.78, 5) is 19.2. The van der Waals surface area contributed by atoms with Gasteiger partial charge in [-0.2, -0.15) is 0 Å². The molecule has 16 heavy (non-hydrogen) atoms. The normalized spacial score (nSPS) is 31.9. The molecular formula is C11H13N3O2. The average molecular weight is 219 g/mol. The number of aromatic nitrogens is 2. The molecule has 2 bridgehead atoms. The summed E-state index contributed by atoms with van der Waals surface area (Å²) in [5.41, 5.74) is 0.0855. The predicted octanol–water partition coefficient (Wildman–Crippen LogP) is 0.426. The largest absolute Gasteiger partial charge is 0.477 e. The minimum atomic E-state index is -0.986. The Morgan fingerprint density at radius 2 is 2.38 bits per heavy atom. The molecule has 0 radical (unpaired) electrons. The lowest BCUT2D eigenvalue weighted by Gasteiger charge is -2.51. The fraction of sp³-hybridized carbons (Fsp3) is 0.545. The minimum absolute atomic E-state index is 0.00558. The van der Waals surface area contributed by atoms with Crippen LogP contribution in [0.1, 0.15) is 29.2 Å². The van der Waals surface area contributed by atoms with Crippen LogP contribution in [0.2, 0.25) is 0 Å². The van der Waals surface area contributed by atoms with E-state index in [0.717, 1.165) is 25.9 Å². The van der Waals surface area contributed by atoms with Crippen molar-refractivity contribution < 1.29 is 9.90 Å². The second-order valence-corrected chi connectivity index (χ2v) is 4.76. The number of carboxylic acids is 1. The van der Waals surface area contributed by atoms with Crippen LogP contribution in [0.3, 0.4) is 0 Å². The number of hydrogen-bond acceptors (Lipinski definition) is 4. The van der Waals surface area contributed by atoms with Crippen molar-refractivity contribution in [2.24, 2.45) is 5.92 Å². The maximum Gasteiger partial charge on any atom is 0.354 e. The van der Waals surface area contributed by atoms with E-state index in [2.05, 4.69) is 15.3 Å². The van der Waals surface area contributed by atoms with Gasteiger partial charge in [-0.05, 0) is 31.4 Å². The number of carboxylic acid groups (broad SMARTS) is 1. The Bertz CT molecular complexity index is 435. The van der Waals surface area contributed by atoms with Gasteiger partial charge in [-0.3, -0.25) is 0 Å². The summed E-state index contributed by atoms with van der Waals surface area (Å²) < 4.78 is 0. The molecule has 2 aliphatic heterocycles. The van der Waals surface area contributed by atoms with E-state index in [-0.39, 0.29) is 11.1 Å². The molecule has 84 valence electrons. The van der Waals surface area contributed by atoms with Crippen LogP contribution < -0.4 is 5.32 Å². The van der Waals surface area contributed by atoms with E-state index in [9.17, 15) is 4.79 Å². The third-order valence-electron chi connectivity index (χ3n) is 3.60. The van der Waals surface area contributed by atoms with Crippen molar-refractivity contribution in [1.29, 1.82) is 0 Å². The fourth-order valence-electron chi connectivity index (χ4n) is 2.84. The first kappa shape index (κ1) is 9.72. The van der Waals surface area contributed by atoms with Gasteiger partial charge >= 0.3 is 5.97 Å². The van der Waals surface area contributed by atoms with Crippen molar-refractivity contribution >= 4 is 5.97 Å². The van der Waals surface area contributed by atoms with Crippen molar-refractivity contribution in [3.63, 3.8) is 0 Å². The topological polar surface area (TPSA) is 75.1 Å². The van der Waals surface area contributed by atoms with Crippen LogP contribution in [0.4, 0.5) is 0 Å². The van der Waals surface area contributed by atoms with E-state index in [4.69, 9.17) is 5.11 Å². The number of nitrogens with zero attached hydrogens (tertiary/aromatic N) is 2. The van der Waals surface area contributed by atoms with Crippen LogP contribution in [0.15, 0.2) is 12.3 Å². The van der Waals surface area contributed by atoms with Crippen LogP contribution in [-0.4, -0.2) is 34.1 Å². The van der Waals surface area contributed by atoms with Gasteiger partial charge in [0.05, 0.1) is 0 Å². The van der Waals surface area contributed by atoms with E-state index < -0.39 is 5.97 Å². The highest BCUT2D eigenvalue weighted by Gasteiger charge is 2.50. The monoisotopic (exact) mass is 219 g/mol. The molecule has 2 saturated heterocycles. The number of hydrogen-bond donors (Lipinski definition) is 2. The molecule has 0 unspecified atom stereocenters. The van der Waals surface area contributed by atoms with E-state index >= 15 is 0 Å². The van der Waals surface area contributed by atoms with Gasteiger partial charge in [0.25, 0.3) is 0 Å². The molecule has 2 N–H and O–H groups in total. The molecule has 1 aromatic heterocycles. The summed E-state index contributed by atoms with van der Waals surface area (Å²) in [6.07, 6.45) is 3.72. The number of carbonyl (C=O) groups is 1. The van der Waals surface area contributed by atoms with Crippen molar-refractivity contribution in [3.05, 3.63) is 23.8 Å². The maximum absolute atomic E-state index is 10.8. The number of rotatable bonds is 2. The van der Waals surface area contributed by atoms with Crippen LogP contribution in [0.5, 0.6) is 0 Å². The zero-order valence-electron chi connectivity index (χ0n) is 8.81. The second kappa shape index (κ2) is 3.25. The molecule has 5 nitrogen and oxygen atoms in total. The molecule has 1 saturated carbocycles. The quantitative estimate of drug-likeness (QED) is 0.754. The number of aromatic carboxylic acids is 1. The Morgan fingerprint density at radius 1 is 1.56 bits per heavy atom. The molecule has 3 aliphatic rings. The zero-order valence-corrected chi connectivity index (χ0v) is 8.81. The Hall–Kier alpha value is -1.49. The maximum atomic E-state index is 10.8. The number of nitrogens with one attached hydrogen (secondary N) is 1. The first-order chi connectivity index (χ1) is 7.70. The van der Waals surface area contributed by atoms with Crippen LogP contribution >= 0.6 is 0 Å². The third kappa shape index (κ3) is 1.31. The molecule has 0 atom stereocenters. The van der Waals surface area contributed by atoms with Crippen LogP contribution in [0.25, 0.3) is 0 Å². The molecule has 0 amide bonds. The lowest BCUT2D eigenvalue weighted by Crippen LogP contribution is -2.58. The Balaban J connectivity index is 1.94. The van der Waals surface area contributed by atoms with Gasteiger partial charge in [0, 0.05) is 18.2 Å². The average Bonchev–Trinajstić information content (AvgIpc) is 2.29. The number of fused-ring (bicyclic) bond motifs is 2. The lowest BCUT2D eigenvalue weighted by atomic mass is 9.59. The standard InChI is InChI=1S/C11H13N3O2/c15-9(16)8-1-2-13-10(14-8)11-3-7(4-11)5-12-6-11/h1-2,7,12H,3-6H2,(H,15,16). The highest BCUT2D eigenvalue weighted by atomic mass is 16.4. The summed E-state index contributed by atoms with van der Waals surface area (Å²) in [6.45, 7) is 1.94. The first-order valence-corrected chi connectivity index (χ1v) is 5.47. The van der Waals surface area contributed by atoms with Crippen LogP contribution in [0, 0.1) is 5.92 Å². The van der Waals surface area contributed by atoms with Crippen molar-refractivity contribution in [2.45, 2.75) is 18.3 Å². The SMILES string of the molecule is O=C(O)c1ccnc(C23CNCC(C2)C3)n1. The van der Waals surface area contributed by atoms with Crippen molar-refractivity contribution in [3.8, 4) is 0 Å². The first-order valence-electron chi connectivity index (χ1n) is 5.47. The summed E-state index contributed by atoms with van der Waals surface area (Å²) in [6, 6.07) is 1.44. The van der Waals surface area contributed by atoms with Gasteiger partial charge in [-0.1, -0.05) is 0 Å². The second-order valence-electron chi connectivity index (χ2n) is 4.76. The Kier molecular flexibility index (Phi) is 1.97. The molecule has 3 fully saturated rings. The molecule has 1 aliphatic carbocycles. The molecule has 1 aromatic rings. The van der Waals surface area contributed by atoms with E-state index in [1.807, 2.05) is 0 Å². The molecule has 3 heterocycles.